The van der Waals surface area contributed by atoms with Gasteiger partial charge in [-0.05, 0) is 25.7 Å². The quantitative estimate of drug-likeness (QED) is 0.769. The number of ether oxygens (including phenoxy) is 1. The third-order valence-electron chi connectivity index (χ3n) is 3.49. The van der Waals surface area contributed by atoms with Gasteiger partial charge < -0.3 is 10.1 Å². The van der Waals surface area contributed by atoms with Crippen LogP contribution in [0.4, 0.5) is 4.79 Å². The minimum absolute atomic E-state index is 0.0433. The Morgan fingerprint density at radius 3 is 2.61 bits per heavy atom. The van der Waals surface area contributed by atoms with Crippen LogP contribution in [0.3, 0.4) is 0 Å². The van der Waals surface area contributed by atoms with Crippen molar-refractivity contribution in [1.82, 2.24) is 10.6 Å². The number of nitrogens with one attached hydrogen (secondary N) is 2. The van der Waals surface area contributed by atoms with Crippen molar-refractivity contribution >= 4 is 23.5 Å². The van der Waals surface area contributed by atoms with Crippen LogP contribution in [0.25, 0.3) is 0 Å². The van der Waals surface area contributed by atoms with Crippen LogP contribution in [0.2, 0.25) is 0 Å². The standard InChI is InChI=1S/C12H21ClN2O3/c1-3-12(4-2)7-9(5-6-18-12)14-11(17)15-10(16)8-13/h9H,3-8H2,1-2H3,(H2,14,15,16,17). The summed E-state index contributed by atoms with van der Waals surface area (Å²) in [5, 5.41) is 4.98. The van der Waals surface area contributed by atoms with E-state index < -0.39 is 11.9 Å². The molecule has 1 heterocycles. The number of alkyl halides is 1. The number of hydrogen-bond acceptors (Lipinski definition) is 3. The Kier molecular flexibility index (Phi) is 5.88. The monoisotopic (exact) mass is 276 g/mol. The summed E-state index contributed by atoms with van der Waals surface area (Å²) in [6.45, 7) is 4.81. The summed E-state index contributed by atoms with van der Waals surface area (Å²) in [6, 6.07) is -0.435. The van der Waals surface area contributed by atoms with Crippen LogP contribution in [0, 0.1) is 0 Å². The van der Waals surface area contributed by atoms with E-state index in [9.17, 15) is 9.59 Å². The zero-order valence-electron chi connectivity index (χ0n) is 10.9. The molecule has 0 aromatic rings. The maximum absolute atomic E-state index is 11.5. The summed E-state index contributed by atoms with van der Waals surface area (Å²) < 4.78 is 5.82. The van der Waals surface area contributed by atoms with Crippen molar-refractivity contribution in [3.8, 4) is 0 Å². The van der Waals surface area contributed by atoms with Crippen molar-refractivity contribution < 1.29 is 14.3 Å². The normalized spacial score (nSPS) is 22.3. The molecule has 1 aliphatic heterocycles. The summed E-state index contributed by atoms with van der Waals surface area (Å²) >= 11 is 5.32. The van der Waals surface area contributed by atoms with Gasteiger partial charge in [0, 0.05) is 12.6 Å². The predicted octanol–water partition coefficient (Wildman–Crippen LogP) is 1.79. The van der Waals surface area contributed by atoms with Crippen molar-refractivity contribution in [2.24, 2.45) is 0 Å². The summed E-state index contributed by atoms with van der Waals surface area (Å²) in [6.07, 6.45) is 3.39. The lowest BCUT2D eigenvalue weighted by Gasteiger charge is -2.40. The van der Waals surface area contributed by atoms with Crippen LogP contribution >= 0.6 is 11.6 Å². The first-order valence-electron chi connectivity index (χ1n) is 6.35. The second-order valence-corrected chi connectivity index (χ2v) is 4.85. The second kappa shape index (κ2) is 6.95. The lowest BCUT2D eigenvalue weighted by atomic mass is 9.86. The van der Waals surface area contributed by atoms with Gasteiger partial charge in [-0.2, -0.15) is 0 Å². The minimum Gasteiger partial charge on any atom is -0.375 e. The van der Waals surface area contributed by atoms with Crippen LogP contribution in [0.1, 0.15) is 39.5 Å². The molecular weight excluding hydrogens is 256 g/mol. The number of carbonyl (C=O) groups is 2. The van der Waals surface area contributed by atoms with Gasteiger partial charge in [-0.1, -0.05) is 13.8 Å². The number of rotatable bonds is 4. The van der Waals surface area contributed by atoms with Crippen molar-refractivity contribution in [3.05, 3.63) is 0 Å². The summed E-state index contributed by atoms with van der Waals surface area (Å²) in [5.41, 5.74) is -0.146. The number of amides is 3. The molecule has 0 aromatic heterocycles. The van der Waals surface area contributed by atoms with Crippen molar-refractivity contribution in [1.29, 1.82) is 0 Å². The van der Waals surface area contributed by atoms with Gasteiger partial charge in [-0.3, -0.25) is 10.1 Å². The molecule has 1 fully saturated rings. The van der Waals surface area contributed by atoms with E-state index in [4.69, 9.17) is 16.3 Å². The summed E-state index contributed by atoms with van der Waals surface area (Å²) in [7, 11) is 0. The van der Waals surface area contributed by atoms with Crippen LogP contribution in [0.15, 0.2) is 0 Å². The Hall–Kier alpha value is -0.810. The number of urea groups is 1. The first-order valence-corrected chi connectivity index (χ1v) is 6.89. The van der Waals surface area contributed by atoms with Gasteiger partial charge in [0.25, 0.3) is 0 Å². The molecule has 0 radical (unpaired) electrons. The molecule has 6 heteroatoms. The Labute approximate surface area is 113 Å². The van der Waals surface area contributed by atoms with Gasteiger partial charge in [-0.25, -0.2) is 4.79 Å². The number of halogens is 1. The highest BCUT2D eigenvalue weighted by Crippen LogP contribution is 2.31. The highest BCUT2D eigenvalue weighted by atomic mass is 35.5. The van der Waals surface area contributed by atoms with Gasteiger partial charge in [-0.15, -0.1) is 11.6 Å². The van der Waals surface area contributed by atoms with Crippen molar-refractivity contribution in [3.63, 3.8) is 0 Å². The molecule has 1 unspecified atom stereocenters. The van der Waals surface area contributed by atoms with E-state index in [1.165, 1.54) is 0 Å². The topological polar surface area (TPSA) is 67.4 Å². The van der Waals surface area contributed by atoms with Crippen LogP contribution in [-0.2, 0) is 9.53 Å². The maximum atomic E-state index is 11.5. The number of carbonyl (C=O) groups excluding carboxylic acids is 2. The molecular formula is C12H21ClN2O3. The third kappa shape index (κ3) is 4.14. The first kappa shape index (κ1) is 15.2. The van der Waals surface area contributed by atoms with E-state index in [2.05, 4.69) is 24.5 Å². The fourth-order valence-electron chi connectivity index (χ4n) is 2.28. The zero-order valence-corrected chi connectivity index (χ0v) is 11.7. The third-order valence-corrected chi connectivity index (χ3v) is 3.73. The number of imide groups is 1. The van der Waals surface area contributed by atoms with E-state index in [1.807, 2.05) is 0 Å². The molecule has 1 atom stereocenters. The largest absolute Gasteiger partial charge is 0.375 e. The first-order chi connectivity index (χ1) is 8.55. The zero-order chi connectivity index (χ0) is 13.6. The molecule has 1 rings (SSSR count). The maximum Gasteiger partial charge on any atom is 0.321 e. The molecule has 5 nitrogen and oxygen atoms in total. The molecule has 0 saturated carbocycles. The molecule has 104 valence electrons. The Balaban J connectivity index is 2.47. The second-order valence-electron chi connectivity index (χ2n) is 4.58. The summed E-state index contributed by atoms with van der Waals surface area (Å²) in [5.74, 6) is -0.701. The van der Waals surface area contributed by atoms with E-state index in [1.54, 1.807) is 0 Å². The van der Waals surface area contributed by atoms with Gasteiger partial charge in [0.15, 0.2) is 0 Å². The van der Waals surface area contributed by atoms with Crippen LogP contribution in [0.5, 0.6) is 0 Å². The van der Waals surface area contributed by atoms with E-state index in [0.29, 0.717) is 6.61 Å². The summed E-state index contributed by atoms with van der Waals surface area (Å²) in [4.78, 5) is 22.5. The van der Waals surface area contributed by atoms with Crippen molar-refractivity contribution in [2.45, 2.75) is 51.2 Å². The van der Waals surface area contributed by atoms with Gasteiger partial charge >= 0.3 is 6.03 Å². The molecule has 0 bridgehead atoms. The Morgan fingerprint density at radius 2 is 2.06 bits per heavy atom. The Bertz CT molecular complexity index is 306. The highest BCUT2D eigenvalue weighted by Gasteiger charge is 2.35. The SMILES string of the molecule is CCC1(CC)CC(NC(=O)NC(=O)CCl)CCO1. The molecule has 1 saturated heterocycles. The van der Waals surface area contributed by atoms with Crippen molar-refractivity contribution in [2.75, 3.05) is 12.5 Å². The van der Waals surface area contributed by atoms with Crippen LogP contribution in [-0.4, -0.2) is 36.1 Å². The Morgan fingerprint density at radius 1 is 1.39 bits per heavy atom. The molecule has 0 aliphatic carbocycles. The van der Waals surface area contributed by atoms with E-state index >= 15 is 0 Å². The fourth-order valence-corrected chi connectivity index (χ4v) is 2.34. The van der Waals surface area contributed by atoms with E-state index in [0.717, 1.165) is 25.7 Å². The fraction of sp³-hybridized carbons (Fsp3) is 0.833. The van der Waals surface area contributed by atoms with E-state index in [-0.39, 0.29) is 17.5 Å². The van der Waals surface area contributed by atoms with Gasteiger partial charge in [0.1, 0.15) is 5.88 Å². The molecule has 1 aliphatic rings. The number of hydrogen-bond donors (Lipinski definition) is 2. The smallest absolute Gasteiger partial charge is 0.321 e. The minimum atomic E-state index is -0.488. The molecule has 2 N–H and O–H groups in total. The molecule has 0 aromatic carbocycles. The van der Waals surface area contributed by atoms with Gasteiger partial charge in [0.05, 0.1) is 5.60 Å². The highest BCUT2D eigenvalue weighted by molar-refractivity contribution is 6.28. The van der Waals surface area contributed by atoms with Crippen LogP contribution < -0.4 is 10.6 Å². The average Bonchev–Trinajstić information content (AvgIpc) is 2.38. The molecule has 0 spiro atoms. The lowest BCUT2D eigenvalue weighted by Crippen LogP contribution is -2.51. The van der Waals surface area contributed by atoms with Gasteiger partial charge in [0.2, 0.25) is 5.91 Å². The molecule has 18 heavy (non-hydrogen) atoms. The lowest BCUT2D eigenvalue weighted by molar-refractivity contribution is -0.117. The predicted molar refractivity (Wildman–Crippen MR) is 69.7 cm³/mol. The average molecular weight is 277 g/mol. The molecule has 3 amide bonds.